The molecule has 0 saturated heterocycles. The molecule has 0 aliphatic rings. The number of benzene rings is 1. The van der Waals surface area contributed by atoms with Crippen molar-refractivity contribution in [2.45, 2.75) is 13.5 Å². The molecule has 2 aromatic rings. The van der Waals surface area contributed by atoms with Crippen molar-refractivity contribution in [3.63, 3.8) is 0 Å². The highest BCUT2D eigenvalue weighted by molar-refractivity contribution is 9.10. The maximum absolute atomic E-state index is 5.72. The van der Waals surface area contributed by atoms with Gasteiger partial charge in [-0.25, -0.2) is 0 Å². The van der Waals surface area contributed by atoms with Crippen molar-refractivity contribution in [3.8, 4) is 5.75 Å². The van der Waals surface area contributed by atoms with Gasteiger partial charge in [-0.2, -0.15) is 0 Å². The largest absolute Gasteiger partial charge is 0.487 e. The third kappa shape index (κ3) is 3.54. The van der Waals surface area contributed by atoms with Gasteiger partial charge in [-0.15, -0.1) is 0 Å². The summed E-state index contributed by atoms with van der Waals surface area (Å²) >= 11 is 6.78. The molecule has 88 valence electrons. The van der Waals surface area contributed by atoms with Crippen LogP contribution in [0.2, 0.25) is 0 Å². The molecule has 0 aliphatic carbocycles. The molecule has 0 atom stereocenters. The number of hydrogen-bond donors (Lipinski definition) is 0. The number of rotatable bonds is 3. The summed E-state index contributed by atoms with van der Waals surface area (Å²) in [6, 6.07) is 9.86. The van der Waals surface area contributed by atoms with E-state index in [0.717, 1.165) is 26.0 Å². The highest BCUT2D eigenvalue weighted by Gasteiger charge is 2.01. The molecular weight excluding hydrogens is 346 g/mol. The van der Waals surface area contributed by atoms with Crippen molar-refractivity contribution in [2.24, 2.45) is 0 Å². The number of hydrogen-bond acceptors (Lipinski definition) is 2. The zero-order valence-electron chi connectivity index (χ0n) is 9.28. The molecule has 0 bridgehead atoms. The van der Waals surface area contributed by atoms with Crippen molar-refractivity contribution in [3.05, 3.63) is 56.7 Å². The smallest absolute Gasteiger partial charge is 0.130 e. The van der Waals surface area contributed by atoms with Crippen LogP contribution in [0.1, 0.15) is 11.3 Å². The van der Waals surface area contributed by atoms with Gasteiger partial charge in [0.25, 0.3) is 0 Å². The van der Waals surface area contributed by atoms with Gasteiger partial charge in [-0.3, -0.25) is 4.98 Å². The zero-order valence-corrected chi connectivity index (χ0v) is 12.5. The predicted octanol–water partition coefficient (Wildman–Crippen LogP) is 4.49. The Hall–Kier alpha value is -0.870. The lowest BCUT2D eigenvalue weighted by atomic mass is 10.2. The lowest BCUT2D eigenvalue weighted by Gasteiger charge is -2.08. The number of aromatic nitrogens is 1. The third-order valence-electron chi connectivity index (χ3n) is 2.30. The van der Waals surface area contributed by atoms with Crippen LogP contribution < -0.4 is 4.74 Å². The van der Waals surface area contributed by atoms with Gasteiger partial charge in [-0.05, 0) is 58.7 Å². The van der Waals surface area contributed by atoms with Crippen LogP contribution in [0, 0.1) is 6.92 Å². The fourth-order valence-corrected chi connectivity index (χ4v) is 2.13. The second kappa shape index (κ2) is 5.65. The van der Waals surface area contributed by atoms with Crippen LogP contribution in [0.25, 0.3) is 0 Å². The van der Waals surface area contributed by atoms with Gasteiger partial charge in [0.2, 0.25) is 0 Å². The van der Waals surface area contributed by atoms with Gasteiger partial charge in [0, 0.05) is 15.1 Å². The third-order valence-corrected chi connectivity index (χ3v) is 3.26. The van der Waals surface area contributed by atoms with Gasteiger partial charge in [0.15, 0.2) is 0 Å². The van der Waals surface area contributed by atoms with E-state index in [2.05, 4.69) is 36.8 Å². The van der Waals surface area contributed by atoms with Crippen LogP contribution >= 0.6 is 31.9 Å². The summed E-state index contributed by atoms with van der Waals surface area (Å²) in [5.74, 6) is 0.887. The van der Waals surface area contributed by atoms with Crippen LogP contribution in [-0.2, 0) is 6.61 Å². The molecule has 1 aromatic carbocycles. The minimum atomic E-state index is 0.482. The van der Waals surface area contributed by atoms with Gasteiger partial charge >= 0.3 is 0 Å². The summed E-state index contributed by atoms with van der Waals surface area (Å²) < 4.78 is 7.75. The minimum absolute atomic E-state index is 0.482. The van der Waals surface area contributed by atoms with Crippen molar-refractivity contribution >= 4 is 31.9 Å². The molecule has 0 radical (unpaired) electrons. The SMILES string of the molecule is Cc1cc(Br)ccc1OCc1ccc(Br)cn1. The molecule has 2 nitrogen and oxygen atoms in total. The second-order valence-corrected chi connectivity index (χ2v) is 5.50. The van der Waals surface area contributed by atoms with Gasteiger partial charge < -0.3 is 4.74 Å². The average Bonchev–Trinajstić information content (AvgIpc) is 2.30. The maximum Gasteiger partial charge on any atom is 0.130 e. The molecule has 0 unspecified atom stereocenters. The second-order valence-electron chi connectivity index (χ2n) is 3.67. The molecule has 0 amide bonds. The lowest BCUT2D eigenvalue weighted by Crippen LogP contribution is -1.99. The summed E-state index contributed by atoms with van der Waals surface area (Å²) in [5, 5.41) is 0. The number of pyridine rings is 1. The zero-order chi connectivity index (χ0) is 12.3. The minimum Gasteiger partial charge on any atom is -0.487 e. The molecule has 0 N–H and O–H groups in total. The van der Waals surface area contributed by atoms with E-state index in [0.29, 0.717) is 6.61 Å². The Morgan fingerprint density at radius 3 is 2.53 bits per heavy atom. The van der Waals surface area contributed by atoms with E-state index in [1.54, 1.807) is 6.20 Å². The van der Waals surface area contributed by atoms with E-state index >= 15 is 0 Å². The van der Waals surface area contributed by atoms with Crippen molar-refractivity contribution in [1.29, 1.82) is 0 Å². The van der Waals surface area contributed by atoms with E-state index < -0.39 is 0 Å². The standard InChI is InChI=1S/C13H11Br2NO/c1-9-6-10(14)3-5-13(9)17-8-12-4-2-11(15)7-16-12/h2-7H,8H2,1H3. The molecule has 2 rings (SSSR count). The summed E-state index contributed by atoms with van der Waals surface area (Å²) in [7, 11) is 0. The molecule has 0 fully saturated rings. The van der Waals surface area contributed by atoms with Crippen molar-refractivity contribution in [1.82, 2.24) is 4.98 Å². The van der Waals surface area contributed by atoms with Gasteiger partial charge in [-0.1, -0.05) is 15.9 Å². The van der Waals surface area contributed by atoms with E-state index in [1.807, 2.05) is 37.3 Å². The lowest BCUT2D eigenvalue weighted by molar-refractivity contribution is 0.299. The van der Waals surface area contributed by atoms with Crippen LogP contribution in [0.5, 0.6) is 5.75 Å². The normalized spacial score (nSPS) is 10.3. The fraction of sp³-hybridized carbons (Fsp3) is 0.154. The quantitative estimate of drug-likeness (QED) is 0.808. The Morgan fingerprint density at radius 2 is 1.88 bits per heavy atom. The molecular formula is C13H11Br2NO. The highest BCUT2D eigenvalue weighted by Crippen LogP contribution is 2.22. The Morgan fingerprint density at radius 1 is 1.12 bits per heavy atom. The number of ether oxygens (including phenoxy) is 1. The van der Waals surface area contributed by atoms with Crippen molar-refractivity contribution < 1.29 is 4.74 Å². The maximum atomic E-state index is 5.72. The molecule has 1 aromatic heterocycles. The van der Waals surface area contributed by atoms with Gasteiger partial charge in [0.1, 0.15) is 12.4 Å². The monoisotopic (exact) mass is 355 g/mol. The Labute approximate surface area is 117 Å². The fourth-order valence-electron chi connectivity index (χ4n) is 1.42. The average molecular weight is 357 g/mol. The predicted molar refractivity (Wildman–Crippen MR) is 75.1 cm³/mol. The van der Waals surface area contributed by atoms with E-state index in [9.17, 15) is 0 Å². The first kappa shape index (κ1) is 12.6. The topological polar surface area (TPSA) is 22.1 Å². The van der Waals surface area contributed by atoms with E-state index in [1.165, 1.54) is 0 Å². The number of nitrogens with zero attached hydrogens (tertiary/aromatic N) is 1. The Balaban J connectivity index is 2.04. The van der Waals surface area contributed by atoms with Gasteiger partial charge in [0.05, 0.1) is 5.69 Å². The van der Waals surface area contributed by atoms with Crippen LogP contribution in [0.4, 0.5) is 0 Å². The molecule has 1 heterocycles. The molecule has 0 aliphatic heterocycles. The Kier molecular flexibility index (Phi) is 4.18. The van der Waals surface area contributed by atoms with E-state index in [-0.39, 0.29) is 0 Å². The molecule has 0 saturated carbocycles. The first-order valence-corrected chi connectivity index (χ1v) is 6.73. The molecule has 4 heteroatoms. The summed E-state index contributed by atoms with van der Waals surface area (Å²) in [6.07, 6.45) is 1.77. The van der Waals surface area contributed by atoms with Crippen LogP contribution in [0.15, 0.2) is 45.5 Å². The molecule has 0 spiro atoms. The first-order valence-electron chi connectivity index (χ1n) is 5.14. The van der Waals surface area contributed by atoms with Crippen LogP contribution in [-0.4, -0.2) is 4.98 Å². The van der Waals surface area contributed by atoms with Crippen molar-refractivity contribution in [2.75, 3.05) is 0 Å². The summed E-state index contributed by atoms with van der Waals surface area (Å²) in [6.45, 7) is 2.50. The summed E-state index contributed by atoms with van der Waals surface area (Å²) in [5.41, 5.74) is 2.02. The molecule has 17 heavy (non-hydrogen) atoms. The highest BCUT2D eigenvalue weighted by atomic mass is 79.9. The van der Waals surface area contributed by atoms with Crippen LogP contribution in [0.3, 0.4) is 0 Å². The number of halogens is 2. The van der Waals surface area contributed by atoms with E-state index in [4.69, 9.17) is 4.74 Å². The number of aryl methyl sites for hydroxylation is 1. The summed E-state index contributed by atoms with van der Waals surface area (Å²) in [4.78, 5) is 4.26. The first-order chi connectivity index (χ1) is 8.15. The Bertz CT molecular complexity index is 511.